The first-order valence-electron chi connectivity index (χ1n) is 2.73. The Bertz CT molecular complexity index is 65.4. The molecule has 0 unspecified atom stereocenters. The van der Waals surface area contributed by atoms with Crippen LogP contribution in [0.4, 0.5) is 0 Å². The molecule has 0 aliphatic heterocycles. The molecule has 0 bridgehead atoms. The van der Waals surface area contributed by atoms with Crippen LogP contribution in [0.1, 0.15) is 20.3 Å². The van der Waals surface area contributed by atoms with Crippen molar-refractivity contribution < 1.29 is 4.43 Å². The lowest BCUT2D eigenvalue weighted by atomic mass is 10.1. The molecule has 50 valence electrons. The summed E-state index contributed by atoms with van der Waals surface area (Å²) in [5, 5.41) is 1.03. The summed E-state index contributed by atoms with van der Waals surface area (Å²) in [4.78, 5) is 0. The first kappa shape index (κ1) is 8.66. The van der Waals surface area contributed by atoms with Crippen molar-refractivity contribution in [2.75, 3.05) is 5.33 Å². The second-order valence-electron chi connectivity index (χ2n) is 2.40. The molecule has 1 nitrogen and oxygen atoms in total. The van der Waals surface area contributed by atoms with Crippen LogP contribution in [0.25, 0.3) is 0 Å². The summed E-state index contributed by atoms with van der Waals surface area (Å²) in [6, 6.07) is 0. The fraction of sp³-hybridized carbons (Fsp3) is 1.00. The van der Waals surface area contributed by atoms with E-state index in [1.807, 2.05) is 0 Å². The summed E-state index contributed by atoms with van der Waals surface area (Å²) in [6.07, 6.45) is 1.09. The maximum atomic E-state index is 5.29. The molecule has 0 saturated heterocycles. The highest BCUT2D eigenvalue weighted by Crippen LogP contribution is 2.12. The summed E-state index contributed by atoms with van der Waals surface area (Å²) in [5.74, 6) is 0. The Labute approximate surface area is 62.5 Å². The van der Waals surface area contributed by atoms with E-state index in [0.29, 0.717) is 0 Å². The highest BCUT2D eigenvalue weighted by Gasteiger charge is 2.12. The Kier molecular flexibility index (Phi) is 3.94. The molecule has 0 heterocycles. The van der Waals surface area contributed by atoms with Gasteiger partial charge in [0.05, 0.1) is 5.60 Å². The molecule has 0 fully saturated rings. The molecule has 0 N–H and O–H groups in total. The van der Waals surface area contributed by atoms with Gasteiger partial charge in [0, 0.05) is 5.33 Å². The Hall–Kier alpha value is 0.657. The lowest BCUT2D eigenvalue weighted by Gasteiger charge is -2.21. The average molecular weight is 197 g/mol. The molecule has 0 rings (SSSR count). The summed E-state index contributed by atoms with van der Waals surface area (Å²) in [6.45, 7) is 4.22. The monoisotopic (exact) mass is 196 g/mol. The highest BCUT2D eigenvalue weighted by atomic mass is 79.9. The molecular formula is C5H13BrOSi. The van der Waals surface area contributed by atoms with E-state index in [-0.39, 0.29) is 5.60 Å². The maximum Gasteiger partial charge on any atom is 0.146 e. The predicted octanol–water partition coefficient (Wildman–Crippen LogP) is 0.847. The van der Waals surface area contributed by atoms with Crippen LogP contribution in [0.15, 0.2) is 0 Å². The standard InChI is InChI=1S/C5H13BrOSi/c1-5(2,7-8)3-4-6/h3-4H2,1-2,8H3. The van der Waals surface area contributed by atoms with Crippen molar-refractivity contribution in [1.82, 2.24) is 0 Å². The Morgan fingerprint density at radius 3 is 2.25 bits per heavy atom. The molecule has 8 heavy (non-hydrogen) atoms. The molecular weight excluding hydrogens is 184 g/mol. The van der Waals surface area contributed by atoms with E-state index >= 15 is 0 Å². The van der Waals surface area contributed by atoms with Crippen LogP contribution < -0.4 is 0 Å². The first-order chi connectivity index (χ1) is 3.62. The second-order valence-corrected chi connectivity index (χ2v) is 3.60. The number of alkyl halides is 1. The van der Waals surface area contributed by atoms with Gasteiger partial charge < -0.3 is 4.43 Å². The molecule has 0 aliphatic rings. The summed E-state index contributed by atoms with van der Waals surface area (Å²) >= 11 is 3.36. The van der Waals surface area contributed by atoms with Crippen LogP contribution in [0.3, 0.4) is 0 Å². The third-order valence-corrected chi connectivity index (χ3v) is 2.75. The van der Waals surface area contributed by atoms with E-state index in [2.05, 4.69) is 29.8 Å². The molecule has 0 aromatic rings. The van der Waals surface area contributed by atoms with Crippen molar-refractivity contribution >= 4 is 26.4 Å². The van der Waals surface area contributed by atoms with Gasteiger partial charge in [-0.2, -0.15) is 0 Å². The minimum absolute atomic E-state index is 0.107. The van der Waals surface area contributed by atoms with E-state index in [0.717, 1.165) is 22.2 Å². The SMILES string of the molecule is CC(C)(CCBr)O[SiH3]. The molecule has 0 aromatic carbocycles. The normalized spacial score (nSPS) is 12.4. The van der Waals surface area contributed by atoms with Crippen molar-refractivity contribution in [3.8, 4) is 0 Å². The van der Waals surface area contributed by atoms with Crippen molar-refractivity contribution in [3.05, 3.63) is 0 Å². The van der Waals surface area contributed by atoms with Gasteiger partial charge in [-0.3, -0.25) is 0 Å². The summed E-state index contributed by atoms with van der Waals surface area (Å²) in [5.41, 5.74) is 0.107. The van der Waals surface area contributed by atoms with Crippen molar-refractivity contribution in [3.63, 3.8) is 0 Å². The minimum Gasteiger partial charge on any atom is -0.423 e. The van der Waals surface area contributed by atoms with Crippen molar-refractivity contribution in [2.24, 2.45) is 0 Å². The second kappa shape index (κ2) is 3.64. The largest absolute Gasteiger partial charge is 0.423 e. The lowest BCUT2D eigenvalue weighted by Crippen LogP contribution is -2.23. The van der Waals surface area contributed by atoms with E-state index in [1.54, 1.807) is 0 Å². The van der Waals surface area contributed by atoms with Gasteiger partial charge in [0.1, 0.15) is 10.5 Å². The van der Waals surface area contributed by atoms with Gasteiger partial charge in [-0.1, -0.05) is 15.9 Å². The predicted molar refractivity (Wildman–Crippen MR) is 43.5 cm³/mol. The summed E-state index contributed by atoms with van der Waals surface area (Å²) < 4.78 is 5.29. The molecule has 0 radical (unpaired) electrons. The van der Waals surface area contributed by atoms with E-state index < -0.39 is 0 Å². The number of rotatable bonds is 3. The van der Waals surface area contributed by atoms with Gasteiger partial charge in [-0.15, -0.1) is 0 Å². The third-order valence-electron chi connectivity index (χ3n) is 1.25. The summed E-state index contributed by atoms with van der Waals surface area (Å²) in [7, 11) is 0.841. The van der Waals surface area contributed by atoms with Crippen LogP contribution in [0, 0.1) is 0 Å². The van der Waals surface area contributed by atoms with E-state index in [4.69, 9.17) is 4.43 Å². The topological polar surface area (TPSA) is 9.23 Å². The Balaban J connectivity index is 3.37. The zero-order chi connectivity index (χ0) is 6.62. The van der Waals surface area contributed by atoms with Crippen LogP contribution in [-0.4, -0.2) is 21.4 Å². The fourth-order valence-electron chi connectivity index (χ4n) is 0.330. The van der Waals surface area contributed by atoms with Crippen LogP contribution in [0.5, 0.6) is 0 Å². The lowest BCUT2D eigenvalue weighted by molar-refractivity contribution is 0.121. The minimum atomic E-state index is 0.107. The van der Waals surface area contributed by atoms with Crippen LogP contribution >= 0.6 is 15.9 Å². The number of hydrogen-bond acceptors (Lipinski definition) is 1. The van der Waals surface area contributed by atoms with Gasteiger partial charge in [-0.05, 0) is 20.3 Å². The van der Waals surface area contributed by atoms with Gasteiger partial charge >= 0.3 is 0 Å². The molecule has 0 amide bonds. The van der Waals surface area contributed by atoms with Crippen molar-refractivity contribution in [1.29, 1.82) is 0 Å². The van der Waals surface area contributed by atoms with Gasteiger partial charge in [0.2, 0.25) is 0 Å². The molecule has 0 saturated carbocycles. The fourth-order valence-corrected chi connectivity index (χ4v) is 1.49. The van der Waals surface area contributed by atoms with E-state index in [1.165, 1.54) is 0 Å². The van der Waals surface area contributed by atoms with Crippen LogP contribution in [-0.2, 0) is 4.43 Å². The molecule has 0 atom stereocenters. The molecule has 0 spiro atoms. The maximum absolute atomic E-state index is 5.29. The van der Waals surface area contributed by atoms with Gasteiger partial charge in [0.25, 0.3) is 0 Å². The number of halogens is 1. The van der Waals surface area contributed by atoms with Crippen molar-refractivity contribution in [2.45, 2.75) is 25.9 Å². The van der Waals surface area contributed by atoms with Gasteiger partial charge in [0.15, 0.2) is 0 Å². The third kappa shape index (κ3) is 3.63. The average Bonchev–Trinajstić information content (AvgIpc) is 1.67. The molecule has 3 heteroatoms. The Morgan fingerprint density at radius 1 is 1.62 bits per heavy atom. The number of hydrogen-bond donors (Lipinski definition) is 0. The smallest absolute Gasteiger partial charge is 0.146 e. The highest BCUT2D eigenvalue weighted by molar-refractivity contribution is 9.09. The zero-order valence-electron chi connectivity index (χ0n) is 5.70. The first-order valence-corrected chi connectivity index (χ1v) is 4.67. The zero-order valence-corrected chi connectivity index (χ0v) is 9.29. The van der Waals surface area contributed by atoms with E-state index in [9.17, 15) is 0 Å². The molecule has 0 aliphatic carbocycles. The van der Waals surface area contributed by atoms with Crippen LogP contribution in [0.2, 0.25) is 0 Å². The van der Waals surface area contributed by atoms with Gasteiger partial charge in [-0.25, -0.2) is 0 Å². The Morgan fingerprint density at radius 2 is 2.12 bits per heavy atom. The quantitative estimate of drug-likeness (QED) is 0.481. The molecule has 0 aromatic heterocycles.